The monoisotopic (exact) mass is 202 g/mol. The molecule has 0 bridgehead atoms. The van der Waals surface area contributed by atoms with E-state index in [0.717, 1.165) is 19.3 Å². The summed E-state index contributed by atoms with van der Waals surface area (Å²) in [6.45, 7) is 4.00. The molecule has 1 aliphatic rings. The number of hydrogen-bond donors (Lipinski definition) is 3. The molecule has 0 aliphatic heterocycles. The van der Waals surface area contributed by atoms with Crippen molar-refractivity contribution >= 4 is 5.91 Å². The molecule has 14 heavy (non-hydrogen) atoms. The van der Waals surface area contributed by atoms with Gasteiger partial charge in [0, 0.05) is 0 Å². The van der Waals surface area contributed by atoms with Crippen LogP contribution in [0.1, 0.15) is 46.0 Å². The average Bonchev–Trinajstić information content (AvgIpc) is 2.21. The molecule has 1 unspecified atom stereocenters. The van der Waals surface area contributed by atoms with Crippen molar-refractivity contribution in [1.29, 1.82) is 0 Å². The topological polar surface area (TPSA) is 89.3 Å². The number of hydrogen-bond acceptors (Lipinski definition) is 3. The zero-order valence-electron chi connectivity index (χ0n) is 9.12. The molecular formula is C10H22N2O2. The number of primary amides is 1. The van der Waals surface area contributed by atoms with Gasteiger partial charge in [-0.1, -0.05) is 33.1 Å². The molecule has 1 rings (SSSR count). The molecule has 0 aromatic heterocycles. The Hall–Kier alpha value is -0.610. The summed E-state index contributed by atoms with van der Waals surface area (Å²) in [5.41, 5.74) is 10.1. The molecule has 0 radical (unpaired) electrons. The molecular weight excluding hydrogens is 180 g/mol. The Morgan fingerprint density at radius 2 is 1.71 bits per heavy atom. The highest BCUT2D eigenvalue weighted by molar-refractivity contribution is 5.80. The van der Waals surface area contributed by atoms with Crippen LogP contribution in [0.5, 0.6) is 0 Å². The van der Waals surface area contributed by atoms with Gasteiger partial charge in [-0.2, -0.15) is 0 Å². The molecule has 4 nitrogen and oxygen atoms in total. The Morgan fingerprint density at radius 3 is 2.07 bits per heavy atom. The summed E-state index contributed by atoms with van der Waals surface area (Å²) < 4.78 is 0. The fraction of sp³-hybridized carbons (Fsp3) is 0.900. The van der Waals surface area contributed by atoms with E-state index in [1.165, 1.54) is 0 Å². The Bertz CT molecular complexity index is 177. The maximum absolute atomic E-state index is 10.7. The van der Waals surface area contributed by atoms with Gasteiger partial charge in [0.05, 0.1) is 5.54 Å². The van der Waals surface area contributed by atoms with E-state index in [1.54, 1.807) is 0 Å². The fourth-order valence-electron chi connectivity index (χ4n) is 1.77. The van der Waals surface area contributed by atoms with Gasteiger partial charge in [0.15, 0.2) is 0 Å². The van der Waals surface area contributed by atoms with E-state index in [9.17, 15) is 9.90 Å². The lowest BCUT2D eigenvalue weighted by molar-refractivity contribution is -0.130. The van der Waals surface area contributed by atoms with Gasteiger partial charge in [0.2, 0.25) is 5.91 Å². The lowest BCUT2D eigenvalue weighted by Gasteiger charge is -2.35. The van der Waals surface area contributed by atoms with Crippen LogP contribution < -0.4 is 11.5 Å². The van der Waals surface area contributed by atoms with E-state index < -0.39 is 17.6 Å². The van der Waals surface area contributed by atoms with Crippen molar-refractivity contribution in [1.82, 2.24) is 0 Å². The van der Waals surface area contributed by atoms with Crippen molar-refractivity contribution in [2.75, 3.05) is 0 Å². The van der Waals surface area contributed by atoms with Crippen molar-refractivity contribution in [3.63, 3.8) is 0 Å². The summed E-state index contributed by atoms with van der Waals surface area (Å²) in [6.07, 6.45) is 3.28. The van der Waals surface area contributed by atoms with Crippen molar-refractivity contribution in [2.24, 2.45) is 11.5 Å². The summed E-state index contributed by atoms with van der Waals surface area (Å²) in [6, 6.07) is 0. The van der Waals surface area contributed by atoms with Crippen molar-refractivity contribution in [3.05, 3.63) is 0 Å². The molecule has 0 aromatic rings. The first-order valence-electron chi connectivity index (χ1n) is 5.32. The van der Waals surface area contributed by atoms with E-state index >= 15 is 0 Å². The third-order valence-corrected chi connectivity index (χ3v) is 2.60. The molecule has 0 aromatic carbocycles. The third-order valence-electron chi connectivity index (χ3n) is 2.60. The first-order valence-corrected chi connectivity index (χ1v) is 5.32. The van der Waals surface area contributed by atoms with Gasteiger partial charge in [0.1, 0.15) is 6.10 Å². The minimum absolute atomic E-state index is 0.692. The van der Waals surface area contributed by atoms with Crippen LogP contribution in [-0.2, 0) is 4.79 Å². The summed E-state index contributed by atoms with van der Waals surface area (Å²) in [5, 5.41) is 9.41. The minimum Gasteiger partial charge on any atom is -0.381 e. The second-order valence-corrected chi connectivity index (χ2v) is 3.60. The quantitative estimate of drug-likeness (QED) is 0.610. The number of aliphatic hydroxyl groups is 1. The van der Waals surface area contributed by atoms with E-state index in [2.05, 4.69) is 0 Å². The van der Waals surface area contributed by atoms with Gasteiger partial charge in [-0.3, -0.25) is 4.79 Å². The number of rotatable bonds is 2. The van der Waals surface area contributed by atoms with E-state index in [1.807, 2.05) is 13.8 Å². The molecule has 0 heterocycles. The van der Waals surface area contributed by atoms with Crippen LogP contribution in [0.2, 0.25) is 0 Å². The molecule has 1 saturated carbocycles. The van der Waals surface area contributed by atoms with Gasteiger partial charge in [-0.05, 0) is 12.8 Å². The molecule has 1 aliphatic carbocycles. The van der Waals surface area contributed by atoms with Crippen molar-refractivity contribution in [3.8, 4) is 0 Å². The largest absolute Gasteiger partial charge is 0.381 e. The Kier molecular flexibility index (Phi) is 5.72. The summed E-state index contributed by atoms with van der Waals surface area (Å²) in [4.78, 5) is 10.7. The second kappa shape index (κ2) is 5.98. The zero-order chi connectivity index (χ0) is 11.2. The molecule has 5 N–H and O–H groups in total. The van der Waals surface area contributed by atoms with Crippen molar-refractivity contribution < 1.29 is 9.90 Å². The van der Waals surface area contributed by atoms with Crippen LogP contribution in [0, 0.1) is 0 Å². The summed E-state index contributed by atoms with van der Waals surface area (Å²) >= 11 is 0. The first-order chi connectivity index (χ1) is 6.56. The minimum atomic E-state index is -1.18. The van der Waals surface area contributed by atoms with Crippen molar-refractivity contribution in [2.45, 2.75) is 57.6 Å². The van der Waals surface area contributed by atoms with E-state index in [0.29, 0.717) is 12.8 Å². The molecule has 0 spiro atoms. The average molecular weight is 202 g/mol. The predicted molar refractivity (Wildman–Crippen MR) is 56.6 cm³/mol. The number of amides is 1. The molecule has 1 amide bonds. The van der Waals surface area contributed by atoms with Crippen LogP contribution in [0.25, 0.3) is 0 Å². The van der Waals surface area contributed by atoms with Crippen LogP contribution in [0.3, 0.4) is 0 Å². The predicted octanol–water partition coefficient (Wildman–Crippen LogP) is 0.520. The highest BCUT2D eigenvalue weighted by atomic mass is 16.3. The van der Waals surface area contributed by atoms with Gasteiger partial charge < -0.3 is 16.6 Å². The van der Waals surface area contributed by atoms with Crippen LogP contribution in [-0.4, -0.2) is 22.7 Å². The third kappa shape index (κ3) is 3.27. The highest BCUT2D eigenvalue weighted by Gasteiger charge is 2.38. The van der Waals surface area contributed by atoms with E-state index in [-0.39, 0.29) is 0 Å². The van der Waals surface area contributed by atoms with Crippen LogP contribution >= 0.6 is 0 Å². The first kappa shape index (κ1) is 13.4. The molecule has 4 heteroatoms. The molecule has 1 atom stereocenters. The van der Waals surface area contributed by atoms with Gasteiger partial charge in [-0.25, -0.2) is 0 Å². The normalized spacial score (nSPS) is 21.7. The maximum atomic E-state index is 10.7. The summed E-state index contributed by atoms with van der Waals surface area (Å²) in [5.74, 6) is -0.709. The number of carbonyl (C=O) groups is 1. The lowest BCUT2D eigenvalue weighted by Crippen LogP contribution is -2.57. The zero-order valence-corrected chi connectivity index (χ0v) is 9.12. The SMILES string of the molecule is CC.NC(=O)C(O)C1(N)CCCCC1. The van der Waals surface area contributed by atoms with Gasteiger partial charge in [0.25, 0.3) is 0 Å². The van der Waals surface area contributed by atoms with Crippen LogP contribution in [0.15, 0.2) is 0 Å². The smallest absolute Gasteiger partial charge is 0.248 e. The second-order valence-electron chi connectivity index (χ2n) is 3.60. The lowest BCUT2D eigenvalue weighted by atomic mass is 9.78. The number of carbonyl (C=O) groups excluding carboxylic acids is 1. The molecule has 1 fully saturated rings. The van der Waals surface area contributed by atoms with Gasteiger partial charge >= 0.3 is 0 Å². The van der Waals surface area contributed by atoms with Gasteiger partial charge in [-0.15, -0.1) is 0 Å². The molecule has 0 saturated heterocycles. The van der Waals surface area contributed by atoms with E-state index in [4.69, 9.17) is 11.5 Å². The Balaban J connectivity index is 0.000000791. The fourth-order valence-corrected chi connectivity index (χ4v) is 1.77. The Labute approximate surface area is 85.7 Å². The molecule has 84 valence electrons. The highest BCUT2D eigenvalue weighted by Crippen LogP contribution is 2.28. The summed E-state index contributed by atoms with van der Waals surface area (Å²) in [7, 11) is 0. The standard InChI is InChI=1S/C8H16N2O2.C2H6/c9-7(12)6(11)8(10)4-2-1-3-5-8;1-2/h6,11H,1-5,10H2,(H2,9,12);1-2H3. The number of nitrogens with two attached hydrogens (primary N) is 2. The Morgan fingerprint density at radius 1 is 1.29 bits per heavy atom. The maximum Gasteiger partial charge on any atom is 0.248 e. The number of aliphatic hydroxyl groups excluding tert-OH is 1. The van der Waals surface area contributed by atoms with Crippen LogP contribution in [0.4, 0.5) is 0 Å².